The first-order valence-corrected chi connectivity index (χ1v) is 40.0. The minimum Gasteiger partial charge on any atom is -0.444 e. The average Bonchev–Trinajstić information content (AvgIpc) is 0.853. The monoisotopic (exact) mass is 1600 g/mol. The number of carbonyl (C=O) groups excluding carboxylic acids is 10. The second-order valence-electron chi connectivity index (χ2n) is 35.4. The second kappa shape index (κ2) is 42.2. The molecule has 114 heavy (non-hydrogen) atoms. The van der Waals surface area contributed by atoms with Gasteiger partial charge in [0.1, 0.15) is 39.5 Å². The van der Waals surface area contributed by atoms with Crippen LogP contribution in [0.5, 0.6) is 0 Å². The van der Waals surface area contributed by atoms with Crippen molar-refractivity contribution < 1.29 is 81.3 Å². The summed E-state index contributed by atoms with van der Waals surface area (Å²) in [4.78, 5) is 169. The van der Waals surface area contributed by atoms with Crippen LogP contribution in [0, 0.1) is 16.0 Å². The highest BCUT2D eigenvalue weighted by Gasteiger charge is 2.34. The summed E-state index contributed by atoms with van der Waals surface area (Å²) >= 11 is 0. The Hall–Kier alpha value is -9.52. The van der Waals surface area contributed by atoms with Crippen molar-refractivity contribution in [3.05, 3.63) is 111 Å². The van der Waals surface area contributed by atoms with Gasteiger partial charge in [0, 0.05) is 180 Å². The third-order valence-electron chi connectivity index (χ3n) is 18.3. The topological polar surface area (TPSA) is 326 Å². The van der Waals surface area contributed by atoms with Crippen LogP contribution in [0.15, 0.2) is 72.8 Å². The molecule has 0 aliphatic carbocycles. The summed E-state index contributed by atoms with van der Waals surface area (Å²) < 4.78 is 35.0. The maximum Gasteiger partial charge on any atom is 0.410 e. The number of rotatable bonds is 9. The van der Waals surface area contributed by atoms with Crippen molar-refractivity contribution in [3.63, 3.8) is 0 Å². The first kappa shape index (κ1) is 93.3. The molecule has 0 atom stereocenters. The fourth-order valence-corrected chi connectivity index (χ4v) is 12.8. The minimum absolute atomic E-state index is 0.0154. The van der Waals surface area contributed by atoms with E-state index in [1.807, 2.05) is 24.3 Å². The van der Waals surface area contributed by atoms with Gasteiger partial charge in [0.25, 0.3) is 17.5 Å². The molecule has 3 saturated heterocycles. The van der Waals surface area contributed by atoms with Crippen LogP contribution in [-0.4, -0.2) is 292 Å². The molecule has 0 unspecified atom stereocenters. The summed E-state index contributed by atoms with van der Waals surface area (Å²) in [6, 6.07) is 19.9. The largest absolute Gasteiger partial charge is 0.444 e. The number of nitrogens with zero attached hydrogens (tertiary/aromatic N) is 11. The lowest BCUT2D eigenvalue weighted by Gasteiger charge is -2.34. The number of amides is 10. The molecular weight excluding hydrogens is 1470 g/mol. The zero-order chi connectivity index (χ0) is 84.5. The fourth-order valence-electron chi connectivity index (χ4n) is 12.8. The van der Waals surface area contributed by atoms with Crippen LogP contribution in [0.2, 0.25) is 0 Å². The number of nitrogens with one attached hydrogen (secondary N) is 2. The lowest BCUT2D eigenvalue weighted by molar-refractivity contribution is -0.384. The van der Waals surface area contributed by atoms with Gasteiger partial charge in [-0.2, -0.15) is 0 Å². The number of carbonyl (C=O) groups is 10. The first-order chi connectivity index (χ1) is 53.2. The molecule has 6 rings (SSSR count). The molecule has 0 radical (unpaired) electrons. The molecule has 3 heterocycles. The smallest absolute Gasteiger partial charge is 0.410 e. The normalized spacial score (nSPS) is 17.7. The van der Waals surface area contributed by atoms with Gasteiger partial charge in [0.15, 0.2) is 0 Å². The van der Waals surface area contributed by atoms with Gasteiger partial charge in [-0.05, 0) is 204 Å². The van der Waals surface area contributed by atoms with Gasteiger partial charge in [-0.1, -0.05) is 36.4 Å². The van der Waals surface area contributed by atoms with E-state index in [-0.39, 0.29) is 142 Å². The molecule has 3 fully saturated rings. The van der Waals surface area contributed by atoms with E-state index >= 15 is 0 Å². The third kappa shape index (κ3) is 33.9. The summed E-state index contributed by atoms with van der Waals surface area (Å²) in [5.74, 6) is -3.29. The number of hydrogen-bond donors (Lipinski definition) is 2. The van der Waals surface area contributed by atoms with E-state index in [0.29, 0.717) is 88.1 Å². The lowest BCUT2D eigenvalue weighted by atomic mass is 9.97. The predicted molar refractivity (Wildman–Crippen MR) is 431 cm³/mol. The lowest BCUT2D eigenvalue weighted by Crippen LogP contribution is -2.48. The van der Waals surface area contributed by atoms with Crippen LogP contribution < -0.4 is 10.6 Å². The Labute approximate surface area is 674 Å². The van der Waals surface area contributed by atoms with E-state index < -0.39 is 92.8 Å². The predicted octanol–water partition coefficient (Wildman–Crippen LogP) is 11.3. The number of nitro groups is 1. The maximum atomic E-state index is 14.9. The first-order valence-electron chi connectivity index (χ1n) is 40.0. The SMILES string of the molecule is CC(C)(C)OC(=O)N1CCCN(C(=O)OC(C)(C)C)CCN(C(=O)OC(C)(C)C)CCCN(Cc2ccc(C(=O)N3CCCN(C(=O)c4ccc(CN5CCCN(C(=O)OC(C)(C)C)CCN(C(=O)OC(C)(C)C)CCCN(C(=O)OC(C)(C)C)CC5)cc4)CCNC(=O)C(Cc4ccc([N+](=O)[O-])cc4)C(=O)NCC3)cc2)CC1. The molecule has 634 valence electrons. The Balaban J connectivity index is 1.25. The van der Waals surface area contributed by atoms with Crippen molar-refractivity contribution in [3.8, 4) is 0 Å². The molecule has 3 aliphatic rings. The molecule has 0 spiro atoms. The summed E-state index contributed by atoms with van der Waals surface area (Å²) in [5.41, 5.74) is -2.01. The molecule has 31 nitrogen and oxygen atoms in total. The standard InChI is InChI=1S/C83H129N13O18/c1-78(2,3)109-72(101)90-44-22-46-94(76(105)113-82(13,14)15)56-54-92(74(103)111-80(7,8)9)42-19-38-86(50-52-90)59-62-24-30-64(31-25-62)70(99)88-40-21-41-89(49-37-85-69(98)67(68(97)84-36-48-88)58-61-28-34-66(35-29-61)96(107)108)71(100)65-32-26-63(27-33-65)60-87-39-20-43-93(75(104)112-81(10,11)12)55-57-95(77(106)114-83(16,17)18)47-23-45-91(53-51-87)73(102)110-79(4,5)6/h24-35,67H,19-23,36-60H2,1-18H3,(H,84,97)(H,85,98). The number of benzene rings is 3. The van der Waals surface area contributed by atoms with Gasteiger partial charge in [-0.15, -0.1) is 0 Å². The summed E-state index contributed by atoms with van der Waals surface area (Å²) in [6.45, 7) is 37.7. The van der Waals surface area contributed by atoms with Gasteiger partial charge in [0.05, 0.1) is 4.92 Å². The van der Waals surface area contributed by atoms with Gasteiger partial charge in [0.2, 0.25) is 11.8 Å². The van der Waals surface area contributed by atoms with Crippen LogP contribution in [0.1, 0.15) is 194 Å². The van der Waals surface area contributed by atoms with Gasteiger partial charge < -0.3 is 78.3 Å². The van der Waals surface area contributed by atoms with Crippen LogP contribution in [-0.2, 0) is 57.5 Å². The molecular formula is C83H129N13O18. The molecule has 3 aliphatic heterocycles. The van der Waals surface area contributed by atoms with Crippen molar-refractivity contribution in [2.45, 2.75) is 210 Å². The molecule has 10 amide bonds. The van der Waals surface area contributed by atoms with E-state index in [9.17, 15) is 58.1 Å². The molecule has 31 heteroatoms. The van der Waals surface area contributed by atoms with E-state index in [1.165, 1.54) is 24.3 Å². The van der Waals surface area contributed by atoms with Crippen molar-refractivity contribution in [1.82, 2.24) is 59.6 Å². The van der Waals surface area contributed by atoms with Crippen molar-refractivity contribution in [2.24, 2.45) is 5.92 Å². The highest BCUT2D eigenvalue weighted by molar-refractivity contribution is 6.01. The van der Waals surface area contributed by atoms with E-state index in [1.54, 1.807) is 188 Å². The summed E-state index contributed by atoms with van der Waals surface area (Å²) in [5, 5.41) is 17.3. The summed E-state index contributed by atoms with van der Waals surface area (Å²) in [6.07, 6.45) is -1.21. The molecule has 3 aromatic carbocycles. The molecule has 0 aromatic heterocycles. The van der Waals surface area contributed by atoms with E-state index in [2.05, 4.69) is 20.4 Å². The van der Waals surface area contributed by atoms with Crippen LogP contribution in [0.3, 0.4) is 0 Å². The molecule has 3 aromatic rings. The molecule has 0 saturated carbocycles. The molecule has 0 bridgehead atoms. The number of nitro benzene ring substituents is 1. The quantitative estimate of drug-likeness (QED) is 0.0870. The van der Waals surface area contributed by atoms with Crippen molar-refractivity contribution in [1.29, 1.82) is 0 Å². The van der Waals surface area contributed by atoms with Crippen molar-refractivity contribution in [2.75, 3.05) is 144 Å². The Morgan fingerprint density at radius 2 is 0.570 bits per heavy atom. The van der Waals surface area contributed by atoms with Crippen LogP contribution >= 0.6 is 0 Å². The van der Waals surface area contributed by atoms with E-state index in [4.69, 9.17) is 28.4 Å². The highest BCUT2D eigenvalue weighted by Crippen LogP contribution is 2.23. The van der Waals surface area contributed by atoms with Gasteiger partial charge in [-0.3, -0.25) is 39.1 Å². The van der Waals surface area contributed by atoms with Crippen LogP contribution in [0.25, 0.3) is 0 Å². The number of ether oxygens (including phenoxy) is 6. The fraction of sp³-hybridized carbons (Fsp3) is 0.663. The highest BCUT2D eigenvalue weighted by atomic mass is 16.6. The summed E-state index contributed by atoms with van der Waals surface area (Å²) in [7, 11) is 0. The van der Waals surface area contributed by atoms with Gasteiger partial charge >= 0.3 is 36.6 Å². The van der Waals surface area contributed by atoms with Gasteiger partial charge in [-0.25, -0.2) is 28.8 Å². The maximum absolute atomic E-state index is 14.9. The Kier molecular flexibility index (Phi) is 34.6. The van der Waals surface area contributed by atoms with E-state index in [0.717, 1.165) is 11.1 Å². The third-order valence-corrected chi connectivity index (χ3v) is 18.3. The molecule has 2 N–H and O–H groups in total. The number of non-ortho nitro benzene ring substituents is 1. The number of hydrogen-bond acceptors (Lipinski definition) is 20. The zero-order valence-corrected chi connectivity index (χ0v) is 71.0. The average molecular weight is 1600 g/mol. The van der Waals surface area contributed by atoms with Crippen molar-refractivity contribution >= 4 is 65.9 Å². The Morgan fingerprint density at radius 1 is 0.333 bits per heavy atom. The van der Waals surface area contributed by atoms with Crippen LogP contribution in [0.4, 0.5) is 34.5 Å². The Bertz CT molecular complexity index is 3480. The Morgan fingerprint density at radius 3 is 0.825 bits per heavy atom. The second-order valence-corrected chi connectivity index (χ2v) is 35.4. The zero-order valence-electron chi connectivity index (χ0n) is 71.0. The minimum atomic E-state index is -1.30.